The van der Waals surface area contributed by atoms with Crippen LogP contribution in [-0.4, -0.2) is 15.8 Å². The number of phenolic OH excluding ortho intramolecular Hbond substituents is 1. The standard InChI is InChI=1S/C23H20N2O2/c1-15-10-12-16(13-11-15)19-14-20-17-6-3-5-9-22(17)27-23(25(20)24-19)18-7-2-4-8-21(18)26/h2-13,20,23,26H,14H2,1H3. The Morgan fingerprint density at radius 3 is 2.41 bits per heavy atom. The van der Waals surface area contributed by atoms with Gasteiger partial charge in [-0.15, -0.1) is 0 Å². The molecule has 2 aliphatic rings. The van der Waals surface area contributed by atoms with Crippen LogP contribution in [0, 0.1) is 6.92 Å². The zero-order valence-corrected chi connectivity index (χ0v) is 15.0. The van der Waals surface area contributed by atoms with Gasteiger partial charge in [0, 0.05) is 12.0 Å². The maximum atomic E-state index is 10.4. The molecule has 3 aromatic rings. The summed E-state index contributed by atoms with van der Waals surface area (Å²) >= 11 is 0. The number of para-hydroxylation sites is 2. The fourth-order valence-corrected chi connectivity index (χ4v) is 3.86. The van der Waals surface area contributed by atoms with Crippen molar-refractivity contribution in [1.82, 2.24) is 5.01 Å². The van der Waals surface area contributed by atoms with Crippen LogP contribution in [0.15, 0.2) is 77.9 Å². The SMILES string of the molecule is Cc1ccc(C2=NN3C(C2)c2ccccc2OC3c2ccccc2O)cc1. The molecule has 134 valence electrons. The van der Waals surface area contributed by atoms with Crippen LogP contribution in [0.3, 0.4) is 0 Å². The first kappa shape index (κ1) is 15.9. The van der Waals surface area contributed by atoms with Gasteiger partial charge in [0.25, 0.3) is 0 Å². The van der Waals surface area contributed by atoms with E-state index in [-0.39, 0.29) is 11.8 Å². The fraction of sp³-hybridized carbons (Fsp3) is 0.174. The molecular formula is C23H20N2O2. The highest BCUT2D eigenvalue weighted by atomic mass is 16.5. The number of aryl methyl sites for hydroxylation is 1. The van der Waals surface area contributed by atoms with Crippen LogP contribution in [0.4, 0.5) is 0 Å². The Kier molecular flexibility index (Phi) is 3.64. The van der Waals surface area contributed by atoms with Crippen molar-refractivity contribution in [3.8, 4) is 11.5 Å². The molecule has 2 aliphatic heterocycles. The Morgan fingerprint density at radius 1 is 0.926 bits per heavy atom. The monoisotopic (exact) mass is 356 g/mol. The second-order valence-electron chi connectivity index (χ2n) is 7.08. The molecule has 4 nitrogen and oxygen atoms in total. The first-order chi connectivity index (χ1) is 13.2. The highest BCUT2D eigenvalue weighted by molar-refractivity contribution is 6.02. The molecule has 0 amide bonds. The number of nitrogens with zero attached hydrogens (tertiary/aromatic N) is 2. The fourth-order valence-electron chi connectivity index (χ4n) is 3.86. The van der Waals surface area contributed by atoms with Gasteiger partial charge >= 0.3 is 0 Å². The molecule has 0 spiro atoms. The number of phenols is 1. The summed E-state index contributed by atoms with van der Waals surface area (Å²) in [6, 6.07) is 24.0. The van der Waals surface area contributed by atoms with E-state index in [0.29, 0.717) is 0 Å². The van der Waals surface area contributed by atoms with Gasteiger partial charge in [0.15, 0.2) is 0 Å². The third-order valence-corrected chi connectivity index (χ3v) is 5.29. The van der Waals surface area contributed by atoms with Crippen molar-refractivity contribution in [2.45, 2.75) is 25.6 Å². The summed E-state index contributed by atoms with van der Waals surface area (Å²) < 4.78 is 6.27. The lowest BCUT2D eigenvalue weighted by Gasteiger charge is -2.38. The summed E-state index contributed by atoms with van der Waals surface area (Å²) in [5.41, 5.74) is 5.26. The van der Waals surface area contributed by atoms with Crippen LogP contribution in [0.25, 0.3) is 0 Å². The minimum absolute atomic E-state index is 0.0934. The molecule has 5 rings (SSSR count). The third-order valence-electron chi connectivity index (χ3n) is 5.29. The van der Waals surface area contributed by atoms with E-state index in [2.05, 4.69) is 37.3 Å². The van der Waals surface area contributed by atoms with Crippen molar-refractivity contribution in [3.05, 3.63) is 95.1 Å². The van der Waals surface area contributed by atoms with Crippen molar-refractivity contribution in [3.63, 3.8) is 0 Å². The molecule has 1 N–H and O–H groups in total. The van der Waals surface area contributed by atoms with Crippen molar-refractivity contribution < 1.29 is 9.84 Å². The lowest BCUT2D eigenvalue weighted by atomic mass is 9.95. The Labute approximate surface area is 158 Å². The first-order valence-electron chi connectivity index (χ1n) is 9.17. The summed E-state index contributed by atoms with van der Waals surface area (Å²) in [4.78, 5) is 0. The molecule has 0 aliphatic carbocycles. The minimum atomic E-state index is -0.450. The van der Waals surface area contributed by atoms with Crippen LogP contribution in [0.5, 0.6) is 11.5 Å². The number of rotatable bonds is 2. The molecule has 0 fully saturated rings. The molecule has 4 heteroatoms. The summed E-state index contributed by atoms with van der Waals surface area (Å²) in [6.45, 7) is 2.09. The number of benzene rings is 3. The maximum absolute atomic E-state index is 10.4. The smallest absolute Gasteiger partial charge is 0.217 e. The Balaban J connectivity index is 1.61. The van der Waals surface area contributed by atoms with Crippen LogP contribution in [0.1, 0.15) is 40.9 Å². The predicted octanol–water partition coefficient (Wildman–Crippen LogP) is 4.94. The van der Waals surface area contributed by atoms with Gasteiger partial charge in [-0.25, -0.2) is 5.01 Å². The van der Waals surface area contributed by atoms with E-state index >= 15 is 0 Å². The number of aromatic hydroxyl groups is 1. The van der Waals surface area contributed by atoms with E-state index in [0.717, 1.165) is 34.6 Å². The Hall–Kier alpha value is -3.27. The third kappa shape index (κ3) is 2.65. The molecule has 2 atom stereocenters. The second-order valence-corrected chi connectivity index (χ2v) is 7.08. The van der Waals surface area contributed by atoms with Crippen molar-refractivity contribution in [2.24, 2.45) is 5.10 Å². The predicted molar refractivity (Wildman–Crippen MR) is 105 cm³/mol. The lowest BCUT2D eigenvalue weighted by Crippen LogP contribution is -2.33. The summed E-state index contributed by atoms with van der Waals surface area (Å²) in [5.74, 6) is 1.08. The zero-order chi connectivity index (χ0) is 18.4. The van der Waals surface area contributed by atoms with E-state index < -0.39 is 6.23 Å². The topological polar surface area (TPSA) is 45.1 Å². The van der Waals surface area contributed by atoms with Gasteiger partial charge in [-0.3, -0.25) is 0 Å². The molecule has 2 unspecified atom stereocenters. The quantitative estimate of drug-likeness (QED) is 0.707. The van der Waals surface area contributed by atoms with Gasteiger partial charge in [-0.1, -0.05) is 60.2 Å². The summed E-state index contributed by atoms with van der Waals surface area (Å²) in [6.07, 6.45) is 0.363. The molecular weight excluding hydrogens is 336 g/mol. The zero-order valence-electron chi connectivity index (χ0n) is 15.0. The number of ether oxygens (including phenoxy) is 1. The van der Waals surface area contributed by atoms with Crippen molar-refractivity contribution in [1.29, 1.82) is 0 Å². The molecule has 27 heavy (non-hydrogen) atoms. The highest BCUT2D eigenvalue weighted by Crippen LogP contribution is 2.48. The van der Waals surface area contributed by atoms with Crippen molar-refractivity contribution in [2.75, 3.05) is 0 Å². The number of fused-ring (bicyclic) bond motifs is 3. The molecule has 0 saturated carbocycles. The van der Waals surface area contributed by atoms with Gasteiger partial charge in [-0.05, 0) is 30.7 Å². The minimum Gasteiger partial charge on any atom is -0.507 e. The number of hydrazone groups is 1. The number of hydrogen-bond donors (Lipinski definition) is 1. The van der Waals surface area contributed by atoms with Gasteiger partial charge in [0.05, 0.1) is 17.3 Å². The van der Waals surface area contributed by atoms with E-state index in [1.54, 1.807) is 6.07 Å². The molecule has 0 radical (unpaired) electrons. The molecule has 2 heterocycles. The average Bonchev–Trinajstić information content (AvgIpc) is 3.14. The van der Waals surface area contributed by atoms with E-state index in [4.69, 9.17) is 9.84 Å². The van der Waals surface area contributed by atoms with Gasteiger partial charge in [0.1, 0.15) is 11.5 Å². The van der Waals surface area contributed by atoms with E-state index in [1.165, 1.54) is 5.56 Å². The molecule has 0 saturated heterocycles. The Morgan fingerprint density at radius 2 is 1.63 bits per heavy atom. The van der Waals surface area contributed by atoms with Crippen LogP contribution in [-0.2, 0) is 0 Å². The van der Waals surface area contributed by atoms with E-state index in [1.807, 2.05) is 41.4 Å². The summed E-state index contributed by atoms with van der Waals surface area (Å²) in [7, 11) is 0. The van der Waals surface area contributed by atoms with Crippen LogP contribution in [0.2, 0.25) is 0 Å². The largest absolute Gasteiger partial charge is 0.507 e. The van der Waals surface area contributed by atoms with Crippen LogP contribution < -0.4 is 4.74 Å². The van der Waals surface area contributed by atoms with Crippen LogP contribution >= 0.6 is 0 Å². The highest BCUT2D eigenvalue weighted by Gasteiger charge is 2.41. The average molecular weight is 356 g/mol. The van der Waals surface area contributed by atoms with Crippen molar-refractivity contribution >= 4 is 5.71 Å². The lowest BCUT2D eigenvalue weighted by molar-refractivity contribution is -0.0203. The molecule has 0 bridgehead atoms. The first-order valence-corrected chi connectivity index (χ1v) is 9.17. The maximum Gasteiger partial charge on any atom is 0.217 e. The molecule has 3 aromatic carbocycles. The normalized spacial score (nSPS) is 20.5. The van der Waals surface area contributed by atoms with E-state index in [9.17, 15) is 5.11 Å². The Bertz CT molecular complexity index is 1030. The molecule has 0 aromatic heterocycles. The van der Waals surface area contributed by atoms with Gasteiger partial charge < -0.3 is 9.84 Å². The summed E-state index contributed by atoms with van der Waals surface area (Å²) in [5, 5.41) is 17.3. The van der Waals surface area contributed by atoms with Gasteiger partial charge in [-0.2, -0.15) is 5.10 Å². The number of hydrogen-bond acceptors (Lipinski definition) is 4. The van der Waals surface area contributed by atoms with Gasteiger partial charge in [0.2, 0.25) is 6.23 Å². The second kappa shape index (κ2) is 6.16.